The molecule has 0 amide bonds. The molecule has 1 aromatic carbocycles. The van der Waals surface area contributed by atoms with Crippen LogP contribution in [0.5, 0.6) is 0 Å². The Morgan fingerprint density at radius 3 is 2.93 bits per heavy atom. The highest BCUT2D eigenvalue weighted by Crippen LogP contribution is 2.19. The smallest absolute Gasteiger partial charge is 0.331 e. The fraction of sp³-hybridized carbons (Fsp3) is 0.0833. The second kappa shape index (κ2) is 3.61. The van der Waals surface area contributed by atoms with E-state index in [9.17, 15) is 4.79 Å². The van der Waals surface area contributed by atoms with Crippen LogP contribution in [-0.4, -0.2) is 16.1 Å². The van der Waals surface area contributed by atoms with Gasteiger partial charge in [-0.05, 0) is 30.7 Å². The third-order valence-corrected chi connectivity index (χ3v) is 2.34. The zero-order chi connectivity index (χ0) is 10.8. The van der Waals surface area contributed by atoms with Gasteiger partial charge in [-0.25, -0.2) is 4.79 Å². The summed E-state index contributed by atoms with van der Waals surface area (Å²) >= 11 is 0. The van der Waals surface area contributed by atoms with E-state index in [-0.39, 0.29) is 0 Å². The van der Waals surface area contributed by atoms with E-state index in [1.54, 1.807) is 13.0 Å². The molecule has 2 aromatic rings. The van der Waals surface area contributed by atoms with Crippen LogP contribution in [0, 0.1) is 0 Å². The molecule has 2 N–H and O–H groups in total. The van der Waals surface area contributed by atoms with Crippen molar-refractivity contribution in [2.45, 2.75) is 6.92 Å². The van der Waals surface area contributed by atoms with E-state index >= 15 is 0 Å². The molecular formula is C12H11NO2. The quantitative estimate of drug-likeness (QED) is 0.734. The minimum Gasteiger partial charge on any atom is -0.478 e. The van der Waals surface area contributed by atoms with Gasteiger partial charge in [0.25, 0.3) is 0 Å². The number of aliphatic carboxylic acids is 1. The van der Waals surface area contributed by atoms with Gasteiger partial charge in [0, 0.05) is 22.7 Å². The van der Waals surface area contributed by atoms with Gasteiger partial charge in [-0.2, -0.15) is 0 Å². The molecule has 3 heteroatoms. The molecule has 0 bridgehead atoms. The first-order chi connectivity index (χ1) is 7.18. The summed E-state index contributed by atoms with van der Waals surface area (Å²) in [5.41, 5.74) is 2.28. The van der Waals surface area contributed by atoms with Crippen molar-refractivity contribution in [3.63, 3.8) is 0 Å². The number of hydrogen-bond donors (Lipinski definition) is 2. The van der Waals surface area contributed by atoms with E-state index in [1.165, 1.54) is 0 Å². The van der Waals surface area contributed by atoms with E-state index < -0.39 is 5.97 Å². The van der Waals surface area contributed by atoms with Crippen molar-refractivity contribution >= 4 is 22.9 Å². The second-order valence-corrected chi connectivity index (χ2v) is 3.42. The van der Waals surface area contributed by atoms with Crippen LogP contribution in [0.4, 0.5) is 0 Å². The lowest BCUT2D eigenvalue weighted by molar-refractivity contribution is -0.132. The maximum absolute atomic E-state index is 10.7. The fourth-order valence-corrected chi connectivity index (χ4v) is 1.53. The first kappa shape index (κ1) is 9.52. The Kier molecular flexibility index (Phi) is 2.29. The van der Waals surface area contributed by atoms with E-state index in [0.29, 0.717) is 5.57 Å². The lowest BCUT2D eigenvalue weighted by Crippen LogP contribution is -1.95. The predicted molar refractivity (Wildman–Crippen MR) is 59.6 cm³/mol. The van der Waals surface area contributed by atoms with Crippen molar-refractivity contribution in [2.24, 2.45) is 0 Å². The monoisotopic (exact) mass is 201 g/mol. The van der Waals surface area contributed by atoms with Crippen LogP contribution in [0.2, 0.25) is 0 Å². The Bertz CT molecular complexity index is 537. The first-order valence-electron chi connectivity index (χ1n) is 4.66. The highest BCUT2D eigenvalue weighted by Gasteiger charge is 2.03. The average Bonchev–Trinajstić information content (AvgIpc) is 2.66. The van der Waals surface area contributed by atoms with E-state index in [1.807, 2.05) is 30.5 Å². The minimum atomic E-state index is -0.887. The standard InChI is InChI=1S/C12H11NO2/c1-8(12(14)15)7-9-3-2-4-11-10(9)5-6-13-11/h2-7,13H,1H3,(H,14,15)/b8-7-. The van der Waals surface area contributed by atoms with E-state index in [0.717, 1.165) is 16.5 Å². The van der Waals surface area contributed by atoms with Crippen molar-refractivity contribution in [1.82, 2.24) is 4.98 Å². The topological polar surface area (TPSA) is 53.1 Å². The van der Waals surface area contributed by atoms with Gasteiger partial charge < -0.3 is 10.1 Å². The highest BCUT2D eigenvalue weighted by atomic mass is 16.4. The van der Waals surface area contributed by atoms with Gasteiger partial charge in [0.05, 0.1) is 0 Å². The summed E-state index contributed by atoms with van der Waals surface area (Å²) in [7, 11) is 0. The summed E-state index contributed by atoms with van der Waals surface area (Å²) in [4.78, 5) is 13.8. The van der Waals surface area contributed by atoms with Crippen LogP contribution in [0.1, 0.15) is 12.5 Å². The van der Waals surface area contributed by atoms with Crippen molar-refractivity contribution in [3.05, 3.63) is 41.6 Å². The molecule has 0 spiro atoms. The molecule has 0 atom stereocenters. The van der Waals surface area contributed by atoms with E-state index in [4.69, 9.17) is 5.11 Å². The Morgan fingerprint density at radius 2 is 2.20 bits per heavy atom. The lowest BCUT2D eigenvalue weighted by Gasteiger charge is -1.98. The minimum absolute atomic E-state index is 0.337. The fourth-order valence-electron chi connectivity index (χ4n) is 1.53. The van der Waals surface area contributed by atoms with Crippen LogP contribution in [0.3, 0.4) is 0 Å². The number of rotatable bonds is 2. The van der Waals surface area contributed by atoms with Gasteiger partial charge in [0.1, 0.15) is 0 Å². The number of H-pyrrole nitrogens is 1. The number of carbonyl (C=O) groups is 1. The molecule has 1 aromatic heterocycles. The van der Waals surface area contributed by atoms with Gasteiger partial charge in [0.15, 0.2) is 0 Å². The molecule has 1 heterocycles. The number of aromatic nitrogens is 1. The number of nitrogens with one attached hydrogen (secondary N) is 1. The molecule has 0 unspecified atom stereocenters. The maximum Gasteiger partial charge on any atom is 0.331 e. The van der Waals surface area contributed by atoms with Gasteiger partial charge in [0.2, 0.25) is 0 Å². The molecule has 3 nitrogen and oxygen atoms in total. The van der Waals surface area contributed by atoms with Crippen molar-refractivity contribution in [2.75, 3.05) is 0 Å². The number of aromatic amines is 1. The zero-order valence-corrected chi connectivity index (χ0v) is 8.32. The lowest BCUT2D eigenvalue weighted by atomic mass is 10.1. The summed E-state index contributed by atoms with van der Waals surface area (Å²) in [6.07, 6.45) is 3.52. The van der Waals surface area contributed by atoms with Crippen LogP contribution in [0.15, 0.2) is 36.0 Å². The van der Waals surface area contributed by atoms with Gasteiger partial charge in [-0.3, -0.25) is 0 Å². The number of hydrogen-bond acceptors (Lipinski definition) is 1. The molecular weight excluding hydrogens is 190 g/mol. The number of benzene rings is 1. The summed E-state index contributed by atoms with van der Waals surface area (Å²) in [6, 6.07) is 7.71. The molecule has 0 fully saturated rings. The van der Waals surface area contributed by atoms with Crippen molar-refractivity contribution in [1.29, 1.82) is 0 Å². The molecule has 15 heavy (non-hydrogen) atoms. The Hall–Kier alpha value is -2.03. The molecule has 0 aliphatic rings. The zero-order valence-electron chi connectivity index (χ0n) is 8.32. The Labute approximate surface area is 87.0 Å². The Balaban J connectivity index is 2.57. The van der Waals surface area contributed by atoms with Crippen molar-refractivity contribution in [3.8, 4) is 0 Å². The largest absolute Gasteiger partial charge is 0.478 e. The number of carboxylic acid groups (broad SMARTS) is 1. The molecule has 76 valence electrons. The van der Waals surface area contributed by atoms with Gasteiger partial charge >= 0.3 is 5.97 Å². The van der Waals surface area contributed by atoms with Crippen LogP contribution in [-0.2, 0) is 4.79 Å². The Morgan fingerprint density at radius 1 is 1.40 bits per heavy atom. The summed E-state index contributed by atoms with van der Waals surface area (Å²) in [5.74, 6) is -0.887. The maximum atomic E-state index is 10.7. The normalized spacial score (nSPS) is 11.9. The molecule has 2 rings (SSSR count). The molecule has 0 saturated heterocycles. The van der Waals surface area contributed by atoms with Crippen molar-refractivity contribution < 1.29 is 9.90 Å². The first-order valence-corrected chi connectivity index (χ1v) is 4.66. The van der Waals surface area contributed by atoms with E-state index in [2.05, 4.69) is 4.98 Å². The SMILES string of the molecule is C/C(=C/c1cccc2[nH]ccc12)C(=O)O. The molecule has 0 aliphatic carbocycles. The molecule has 0 radical (unpaired) electrons. The second-order valence-electron chi connectivity index (χ2n) is 3.42. The third-order valence-electron chi connectivity index (χ3n) is 2.34. The third kappa shape index (κ3) is 1.76. The van der Waals surface area contributed by atoms with Crippen LogP contribution < -0.4 is 0 Å². The van der Waals surface area contributed by atoms with Crippen LogP contribution >= 0.6 is 0 Å². The predicted octanol–water partition coefficient (Wildman–Crippen LogP) is 2.66. The average molecular weight is 201 g/mol. The van der Waals surface area contributed by atoms with Gasteiger partial charge in [-0.15, -0.1) is 0 Å². The molecule has 0 saturated carbocycles. The highest BCUT2D eigenvalue weighted by molar-refractivity contribution is 5.96. The summed E-state index contributed by atoms with van der Waals surface area (Å²) < 4.78 is 0. The van der Waals surface area contributed by atoms with Crippen LogP contribution in [0.25, 0.3) is 17.0 Å². The molecule has 0 aliphatic heterocycles. The summed E-state index contributed by atoms with van der Waals surface area (Å²) in [6.45, 7) is 1.59. The summed E-state index contributed by atoms with van der Waals surface area (Å²) in [5, 5.41) is 9.83. The van der Waals surface area contributed by atoms with Gasteiger partial charge in [-0.1, -0.05) is 12.1 Å². The number of carboxylic acids is 1. The number of fused-ring (bicyclic) bond motifs is 1.